The molecule has 0 saturated heterocycles. The largest absolute Gasteiger partial charge is 0.497 e. The summed E-state index contributed by atoms with van der Waals surface area (Å²) in [6.07, 6.45) is 1.74. The van der Waals surface area contributed by atoms with Gasteiger partial charge in [0.1, 0.15) is 17.1 Å². The maximum atomic E-state index is 5.86. The fraction of sp³-hybridized carbons (Fsp3) is 0.214. The quantitative estimate of drug-likeness (QED) is 0.784. The highest BCUT2D eigenvalue weighted by molar-refractivity contribution is 5.81. The van der Waals surface area contributed by atoms with Crippen molar-refractivity contribution in [2.24, 2.45) is 0 Å². The fourth-order valence-corrected chi connectivity index (χ4v) is 2.12. The third kappa shape index (κ3) is 2.16. The minimum absolute atomic E-state index is 0.418. The van der Waals surface area contributed by atoms with Crippen molar-refractivity contribution >= 4 is 17.0 Å². The highest BCUT2D eigenvalue weighted by atomic mass is 16.5. The molecule has 6 heteroatoms. The Morgan fingerprint density at radius 3 is 2.65 bits per heavy atom. The van der Waals surface area contributed by atoms with Crippen molar-refractivity contribution in [2.75, 3.05) is 12.8 Å². The van der Waals surface area contributed by atoms with Crippen LogP contribution in [0.4, 0.5) is 5.82 Å². The maximum absolute atomic E-state index is 5.86. The monoisotopic (exact) mass is 269 g/mol. The number of imidazole rings is 1. The van der Waals surface area contributed by atoms with E-state index in [4.69, 9.17) is 10.5 Å². The molecule has 0 unspecified atom stereocenters. The van der Waals surface area contributed by atoms with E-state index < -0.39 is 0 Å². The maximum Gasteiger partial charge on any atom is 0.166 e. The first-order valence-electron chi connectivity index (χ1n) is 6.25. The van der Waals surface area contributed by atoms with Gasteiger partial charge >= 0.3 is 0 Å². The van der Waals surface area contributed by atoms with Crippen LogP contribution in [0.2, 0.25) is 0 Å². The number of aromatic nitrogens is 4. The summed E-state index contributed by atoms with van der Waals surface area (Å²) in [4.78, 5) is 12.8. The third-order valence-electron chi connectivity index (χ3n) is 3.11. The van der Waals surface area contributed by atoms with Gasteiger partial charge in [0.25, 0.3) is 0 Å². The number of nitrogen functional groups attached to an aromatic ring is 1. The van der Waals surface area contributed by atoms with Crippen molar-refractivity contribution in [2.45, 2.75) is 13.5 Å². The van der Waals surface area contributed by atoms with E-state index in [0.717, 1.165) is 17.0 Å². The van der Waals surface area contributed by atoms with Gasteiger partial charge in [-0.3, -0.25) is 0 Å². The van der Waals surface area contributed by atoms with E-state index in [9.17, 15) is 0 Å². The lowest BCUT2D eigenvalue weighted by Crippen LogP contribution is -2.02. The first-order valence-corrected chi connectivity index (χ1v) is 6.25. The molecule has 0 spiro atoms. The molecule has 3 aromatic rings. The summed E-state index contributed by atoms with van der Waals surface area (Å²) in [6.45, 7) is 2.50. The summed E-state index contributed by atoms with van der Waals surface area (Å²) in [6, 6.07) is 7.90. The predicted molar refractivity (Wildman–Crippen MR) is 76.6 cm³/mol. The van der Waals surface area contributed by atoms with Gasteiger partial charge in [-0.1, -0.05) is 12.1 Å². The van der Waals surface area contributed by atoms with Gasteiger partial charge < -0.3 is 15.0 Å². The van der Waals surface area contributed by atoms with Crippen LogP contribution >= 0.6 is 0 Å². The number of anilines is 1. The molecule has 2 aromatic heterocycles. The van der Waals surface area contributed by atoms with Gasteiger partial charge in [-0.25, -0.2) is 15.0 Å². The van der Waals surface area contributed by atoms with E-state index in [1.165, 1.54) is 0 Å². The number of nitrogens with two attached hydrogens (primary N) is 1. The molecule has 0 fully saturated rings. The Kier molecular flexibility index (Phi) is 2.98. The van der Waals surface area contributed by atoms with Gasteiger partial charge in [-0.2, -0.15) is 0 Å². The van der Waals surface area contributed by atoms with E-state index in [2.05, 4.69) is 15.0 Å². The second-order valence-corrected chi connectivity index (χ2v) is 4.55. The number of aryl methyl sites for hydroxylation is 1. The van der Waals surface area contributed by atoms with Gasteiger partial charge in [-0.05, 0) is 24.6 Å². The Morgan fingerprint density at radius 2 is 1.95 bits per heavy atom. The Balaban J connectivity index is 1.97. The minimum Gasteiger partial charge on any atom is -0.497 e. The molecule has 102 valence electrons. The number of nitrogens with zero attached hydrogens (tertiary/aromatic N) is 4. The Labute approximate surface area is 116 Å². The zero-order chi connectivity index (χ0) is 14.1. The lowest BCUT2D eigenvalue weighted by Gasteiger charge is -2.06. The van der Waals surface area contributed by atoms with E-state index >= 15 is 0 Å². The normalized spacial score (nSPS) is 10.9. The molecule has 0 radical (unpaired) electrons. The number of methoxy groups -OCH3 is 1. The van der Waals surface area contributed by atoms with Gasteiger partial charge in [0.05, 0.1) is 20.0 Å². The van der Waals surface area contributed by atoms with Crippen molar-refractivity contribution in [1.29, 1.82) is 0 Å². The second-order valence-electron chi connectivity index (χ2n) is 4.55. The molecule has 0 aliphatic rings. The smallest absolute Gasteiger partial charge is 0.166 e. The van der Waals surface area contributed by atoms with Crippen LogP contribution in [0.5, 0.6) is 5.75 Å². The van der Waals surface area contributed by atoms with Crippen LogP contribution in [0, 0.1) is 6.92 Å². The summed E-state index contributed by atoms with van der Waals surface area (Å²) in [5.41, 5.74) is 8.40. The van der Waals surface area contributed by atoms with Gasteiger partial charge in [0.15, 0.2) is 11.5 Å². The number of hydrogen-bond acceptors (Lipinski definition) is 5. The predicted octanol–water partition coefficient (Wildman–Crippen LogP) is 1.77. The fourth-order valence-electron chi connectivity index (χ4n) is 2.12. The SMILES string of the molecule is COc1ccc(Cn2cnc3c(N)nc(C)nc32)cc1. The molecule has 20 heavy (non-hydrogen) atoms. The van der Waals surface area contributed by atoms with Crippen LogP contribution < -0.4 is 10.5 Å². The molecule has 0 bridgehead atoms. The number of rotatable bonds is 3. The summed E-state index contributed by atoms with van der Waals surface area (Å²) in [7, 11) is 1.65. The van der Waals surface area contributed by atoms with Crippen molar-refractivity contribution in [1.82, 2.24) is 19.5 Å². The first-order chi connectivity index (χ1) is 9.67. The van der Waals surface area contributed by atoms with Crippen LogP contribution in [-0.2, 0) is 6.54 Å². The second kappa shape index (κ2) is 4.80. The summed E-state index contributed by atoms with van der Waals surface area (Å²) >= 11 is 0. The molecule has 0 aliphatic heterocycles. The van der Waals surface area contributed by atoms with Gasteiger partial charge in [0.2, 0.25) is 0 Å². The number of fused-ring (bicyclic) bond motifs is 1. The molecule has 3 rings (SSSR count). The zero-order valence-corrected chi connectivity index (χ0v) is 11.4. The van der Waals surface area contributed by atoms with Crippen LogP contribution in [0.15, 0.2) is 30.6 Å². The van der Waals surface area contributed by atoms with E-state index in [-0.39, 0.29) is 0 Å². The number of ether oxygens (including phenoxy) is 1. The molecular weight excluding hydrogens is 254 g/mol. The van der Waals surface area contributed by atoms with Crippen molar-refractivity contribution < 1.29 is 4.74 Å². The number of hydrogen-bond donors (Lipinski definition) is 1. The van der Waals surface area contributed by atoms with Crippen LogP contribution in [0.1, 0.15) is 11.4 Å². The molecule has 1 aromatic carbocycles. The van der Waals surface area contributed by atoms with Gasteiger partial charge in [-0.15, -0.1) is 0 Å². The lowest BCUT2D eigenvalue weighted by atomic mass is 10.2. The standard InChI is InChI=1S/C14H15N5O/c1-9-17-13(15)12-14(18-9)19(8-16-12)7-10-3-5-11(20-2)6-4-10/h3-6,8H,7H2,1-2H3,(H2,15,17,18). The van der Waals surface area contributed by atoms with E-state index in [1.807, 2.05) is 35.8 Å². The Bertz CT molecular complexity index is 748. The molecule has 0 atom stereocenters. The van der Waals surface area contributed by atoms with Crippen LogP contribution in [0.3, 0.4) is 0 Å². The molecule has 0 saturated carbocycles. The summed E-state index contributed by atoms with van der Waals surface area (Å²) in [5.74, 6) is 1.90. The molecule has 0 aliphatic carbocycles. The van der Waals surface area contributed by atoms with Crippen molar-refractivity contribution in [3.8, 4) is 5.75 Å². The third-order valence-corrected chi connectivity index (χ3v) is 3.11. The number of benzene rings is 1. The molecule has 6 nitrogen and oxygen atoms in total. The molecule has 2 heterocycles. The van der Waals surface area contributed by atoms with Crippen LogP contribution in [0.25, 0.3) is 11.2 Å². The molecule has 2 N–H and O–H groups in total. The minimum atomic E-state index is 0.418. The highest BCUT2D eigenvalue weighted by Crippen LogP contribution is 2.18. The highest BCUT2D eigenvalue weighted by Gasteiger charge is 2.09. The lowest BCUT2D eigenvalue weighted by molar-refractivity contribution is 0.414. The van der Waals surface area contributed by atoms with E-state index in [1.54, 1.807) is 13.4 Å². The van der Waals surface area contributed by atoms with Gasteiger partial charge in [0, 0.05) is 0 Å². The Morgan fingerprint density at radius 1 is 1.20 bits per heavy atom. The molecular formula is C14H15N5O. The van der Waals surface area contributed by atoms with E-state index in [0.29, 0.717) is 23.7 Å². The van der Waals surface area contributed by atoms with Crippen molar-refractivity contribution in [3.63, 3.8) is 0 Å². The zero-order valence-electron chi connectivity index (χ0n) is 11.4. The summed E-state index contributed by atoms with van der Waals surface area (Å²) < 4.78 is 7.11. The first kappa shape index (κ1) is 12.4. The average molecular weight is 269 g/mol. The average Bonchev–Trinajstić information content (AvgIpc) is 2.83. The molecule has 0 amide bonds. The topological polar surface area (TPSA) is 78.9 Å². The summed E-state index contributed by atoms with van der Waals surface area (Å²) in [5, 5.41) is 0. The van der Waals surface area contributed by atoms with Crippen molar-refractivity contribution in [3.05, 3.63) is 42.0 Å². The Hall–Kier alpha value is -2.63. The van der Waals surface area contributed by atoms with Crippen LogP contribution in [-0.4, -0.2) is 26.6 Å².